The van der Waals surface area contributed by atoms with Crippen LogP contribution in [-0.2, 0) is 4.79 Å². The van der Waals surface area contributed by atoms with Gasteiger partial charge in [0.2, 0.25) is 5.43 Å². The van der Waals surface area contributed by atoms with E-state index < -0.39 is 5.91 Å². The fraction of sp³-hybridized carbons (Fsp3) is 0.0370. The summed E-state index contributed by atoms with van der Waals surface area (Å²) in [6, 6.07) is 21.7. The Bertz CT molecular complexity index is 1680. The van der Waals surface area contributed by atoms with E-state index in [-0.39, 0.29) is 17.6 Å². The maximum absolute atomic E-state index is 12.6. The monoisotopic (exact) mass is 576 g/mol. The molecule has 0 aliphatic heterocycles. The molecular formula is C27H18BrClN4O4. The molecule has 1 N–H and O–H groups in total. The summed E-state index contributed by atoms with van der Waals surface area (Å²) >= 11 is 9.60. The van der Waals surface area contributed by atoms with Crippen molar-refractivity contribution in [1.29, 1.82) is 0 Å². The second-order valence-electron chi connectivity index (χ2n) is 7.85. The van der Waals surface area contributed by atoms with Crippen LogP contribution in [-0.4, -0.2) is 28.5 Å². The largest absolute Gasteiger partial charge is 0.483 e. The number of fused-ring (bicyclic) bond motifs is 1. The molecule has 0 aliphatic carbocycles. The minimum atomic E-state index is -0.512. The summed E-state index contributed by atoms with van der Waals surface area (Å²) in [5, 5.41) is 9.20. The lowest BCUT2D eigenvalue weighted by atomic mass is 10.1. The van der Waals surface area contributed by atoms with E-state index in [9.17, 15) is 9.59 Å². The van der Waals surface area contributed by atoms with E-state index in [2.05, 4.69) is 31.6 Å². The number of hydrogen-bond acceptors (Lipinski definition) is 6. The number of amides is 1. The van der Waals surface area contributed by atoms with Crippen molar-refractivity contribution < 1.29 is 13.9 Å². The van der Waals surface area contributed by atoms with Crippen molar-refractivity contribution in [2.75, 3.05) is 6.61 Å². The highest BCUT2D eigenvalue weighted by molar-refractivity contribution is 9.10. The first kappa shape index (κ1) is 24.5. The normalized spacial score (nSPS) is 11.2. The smallest absolute Gasteiger partial charge is 0.277 e. The molecule has 0 saturated heterocycles. The fourth-order valence-electron chi connectivity index (χ4n) is 3.67. The van der Waals surface area contributed by atoms with Crippen molar-refractivity contribution in [3.8, 4) is 22.7 Å². The average Bonchev–Trinajstić information content (AvgIpc) is 3.40. The highest BCUT2D eigenvalue weighted by atomic mass is 79.9. The number of nitrogens with one attached hydrogen (secondary N) is 1. The number of hydrazone groups is 1. The van der Waals surface area contributed by atoms with Crippen molar-refractivity contribution in [3.63, 3.8) is 0 Å². The minimum absolute atomic E-state index is 0.195. The first-order chi connectivity index (χ1) is 18.0. The summed E-state index contributed by atoms with van der Waals surface area (Å²) in [7, 11) is 0. The Hall–Kier alpha value is -4.21. The van der Waals surface area contributed by atoms with Gasteiger partial charge in [0.15, 0.2) is 6.61 Å². The molecule has 0 bridgehead atoms. The molecule has 3 aromatic carbocycles. The van der Waals surface area contributed by atoms with Crippen LogP contribution in [0.3, 0.4) is 0 Å². The van der Waals surface area contributed by atoms with Crippen LogP contribution in [0.4, 0.5) is 0 Å². The molecule has 0 fully saturated rings. The Labute approximate surface area is 224 Å². The van der Waals surface area contributed by atoms with Crippen molar-refractivity contribution in [3.05, 3.63) is 111 Å². The van der Waals surface area contributed by atoms with Gasteiger partial charge >= 0.3 is 0 Å². The Morgan fingerprint density at radius 2 is 1.97 bits per heavy atom. The van der Waals surface area contributed by atoms with Crippen LogP contribution >= 0.6 is 27.5 Å². The lowest BCUT2D eigenvalue weighted by Gasteiger charge is -2.13. The number of ether oxygens (including phenoxy) is 1. The molecule has 5 rings (SSSR count). The lowest BCUT2D eigenvalue weighted by Crippen LogP contribution is -2.25. The zero-order valence-electron chi connectivity index (χ0n) is 19.1. The van der Waals surface area contributed by atoms with Crippen LogP contribution in [0.5, 0.6) is 5.75 Å². The maximum atomic E-state index is 12.6. The lowest BCUT2D eigenvalue weighted by molar-refractivity contribution is -0.123. The van der Waals surface area contributed by atoms with Gasteiger partial charge in [-0.1, -0.05) is 45.7 Å². The van der Waals surface area contributed by atoms with Crippen molar-refractivity contribution >= 4 is 50.6 Å². The second-order valence-corrected chi connectivity index (χ2v) is 9.20. The predicted molar refractivity (Wildman–Crippen MR) is 145 cm³/mol. The molecule has 8 nitrogen and oxygen atoms in total. The van der Waals surface area contributed by atoms with E-state index in [0.717, 1.165) is 15.9 Å². The quantitative estimate of drug-likeness (QED) is 0.201. The number of benzene rings is 3. The Balaban J connectivity index is 1.30. The Morgan fingerprint density at radius 3 is 2.81 bits per heavy atom. The molecule has 0 aliphatic rings. The first-order valence-electron chi connectivity index (χ1n) is 11.0. The summed E-state index contributed by atoms with van der Waals surface area (Å²) in [6.07, 6.45) is 4.20. The molecule has 2 aromatic heterocycles. The highest BCUT2D eigenvalue weighted by Gasteiger charge is 2.15. The summed E-state index contributed by atoms with van der Waals surface area (Å²) < 4.78 is 13.8. The number of carbonyl (C=O) groups excluding carboxylic acids is 1. The molecular weight excluding hydrogens is 560 g/mol. The Kier molecular flexibility index (Phi) is 7.16. The molecule has 5 aromatic rings. The van der Waals surface area contributed by atoms with E-state index >= 15 is 0 Å². The van der Waals surface area contributed by atoms with Crippen molar-refractivity contribution in [1.82, 2.24) is 15.2 Å². The molecule has 37 heavy (non-hydrogen) atoms. The van der Waals surface area contributed by atoms with E-state index in [0.29, 0.717) is 27.3 Å². The average molecular weight is 578 g/mol. The van der Waals surface area contributed by atoms with Crippen molar-refractivity contribution in [2.45, 2.75) is 0 Å². The van der Waals surface area contributed by atoms with E-state index in [1.54, 1.807) is 47.3 Å². The summed E-state index contributed by atoms with van der Waals surface area (Å²) in [6.45, 7) is -0.315. The van der Waals surface area contributed by atoms with Gasteiger partial charge in [-0.3, -0.25) is 9.59 Å². The number of nitrogens with zero attached hydrogens (tertiary/aromatic N) is 3. The number of hydrogen-bond donors (Lipinski definition) is 1. The topological polar surface area (TPSA) is 98.7 Å². The molecule has 1 amide bonds. The third kappa shape index (κ3) is 5.47. The Morgan fingerprint density at radius 1 is 1.14 bits per heavy atom. The number of carbonyl (C=O) groups is 1. The molecule has 0 spiro atoms. The molecule has 0 atom stereocenters. The van der Waals surface area contributed by atoms with Crippen LogP contribution in [0.25, 0.3) is 27.9 Å². The number of halogens is 2. The maximum Gasteiger partial charge on any atom is 0.277 e. The zero-order chi connectivity index (χ0) is 25.8. The SMILES string of the molecule is O=C(COc1ccc(Cl)cc1-c1ccnn1-c1ccccc1)N/N=C/c1coc2ccc(Br)cc2c1=O. The molecule has 0 unspecified atom stereocenters. The van der Waals surface area contributed by atoms with Gasteiger partial charge in [0, 0.05) is 15.1 Å². The van der Waals surface area contributed by atoms with Gasteiger partial charge in [0.1, 0.15) is 17.6 Å². The first-order valence-corrected chi connectivity index (χ1v) is 12.2. The standard InChI is InChI=1S/C27H18BrClN4O4/c28-18-6-8-25-22(12-18)27(35)17(15-36-25)14-30-32-26(34)16-37-24-9-7-19(29)13-21(24)23-10-11-31-33(23)20-4-2-1-3-5-20/h1-15H,16H2,(H,32,34)/b30-14+. The van der Waals surface area contributed by atoms with Gasteiger partial charge < -0.3 is 9.15 Å². The number of aromatic nitrogens is 2. The summed E-state index contributed by atoms with van der Waals surface area (Å²) in [4.78, 5) is 25.0. The highest BCUT2D eigenvalue weighted by Crippen LogP contribution is 2.33. The zero-order valence-corrected chi connectivity index (χ0v) is 21.4. The van der Waals surface area contributed by atoms with E-state index in [1.807, 2.05) is 36.4 Å². The van der Waals surface area contributed by atoms with Gasteiger partial charge in [-0.2, -0.15) is 10.2 Å². The van der Waals surface area contributed by atoms with Gasteiger partial charge in [-0.25, -0.2) is 10.1 Å². The number of rotatable bonds is 7. The van der Waals surface area contributed by atoms with Crippen LogP contribution in [0, 0.1) is 0 Å². The van der Waals surface area contributed by atoms with E-state index in [4.69, 9.17) is 20.8 Å². The second kappa shape index (κ2) is 10.8. The summed E-state index contributed by atoms with van der Waals surface area (Å²) in [5.74, 6) is -0.0661. The molecule has 2 heterocycles. The molecule has 0 saturated carbocycles. The van der Waals surface area contributed by atoms with Gasteiger partial charge in [0.05, 0.1) is 34.7 Å². The molecule has 184 valence electrons. The third-order valence-corrected chi connectivity index (χ3v) is 6.10. The van der Waals surface area contributed by atoms with Gasteiger partial charge in [-0.05, 0) is 54.6 Å². The van der Waals surface area contributed by atoms with E-state index in [1.165, 1.54) is 12.5 Å². The predicted octanol–water partition coefficient (Wildman–Crippen LogP) is 5.59. The minimum Gasteiger partial charge on any atom is -0.483 e. The van der Waals surface area contributed by atoms with Crippen LogP contribution < -0.4 is 15.6 Å². The van der Waals surface area contributed by atoms with Crippen LogP contribution in [0.2, 0.25) is 5.02 Å². The van der Waals surface area contributed by atoms with Crippen LogP contribution in [0.1, 0.15) is 5.56 Å². The summed E-state index contributed by atoms with van der Waals surface area (Å²) in [5.41, 5.74) is 5.03. The van der Waals surface area contributed by atoms with Gasteiger partial charge in [0.25, 0.3) is 5.91 Å². The molecule has 0 radical (unpaired) electrons. The fourth-order valence-corrected chi connectivity index (χ4v) is 4.20. The third-order valence-electron chi connectivity index (χ3n) is 5.37. The van der Waals surface area contributed by atoms with Crippen LogP contribution in [0.15, 0.2) is 104 Å². The van der Waals surface area contributed by atoms with Crippen molar-refractivity contribution in [2.24, 2.45) is 5.10 Å². The van der Waals surface area contributed by atoms with Gasteiger partial charge in [-0.15, -0.1) is 0 Å². The number of para-hydroxylation sites is 1. The molecule has 10 heteroatoms.